The van der Waals surface area contributed by atoms with Crippen LogP contribution >= 0.6 is 0 Å². The second-order valence-corrected chi connectivity index (χ2v) is 8.04. The molecular formula is C27H27N3O6. The van der Waals surface area contributed by atoms with E-state index in [1.54, 1.807) is 49.0 Å². The highest BCUT2D eigenvalue weighted by atomic mass is 16.5. The molecule has 0 spiro atoms. The van der Waals surface area contributed by atoms with Crippen molar-refractivity contribution in [2.45, 2.75) is 27.0 Å². The van der Waals surface area contributed by atoms with Gasteiger partial charge in [-0.15, -0.1) is 0 Å². The summed E-state index contributed by atoms with van der Waals surface area (Å²) in [7, 11) is 2.94. The third-order valence-corrected chi connectivity index (χ3v) is 5.67. The lowest BCUT2D eigenvalue weighted by atomic mass is 10.1. The van der Waals surface area contributed by atoms with Crippen molar-refractivity contribution in [2.75, 3.05) is 19.5 Å². The van der Waals surface area contributed by atoms with E-state index in [1.807, 2.05) is 37.3 Å². The minimum atomic E-state index is -0.412. The van der Waals surface area contributed by atoms with Gasteiger partial charge in [0, 0.05) is 6.07 Å². The smallest absolute Gasteiger partial charge is 0.338 e. The minimum absolute atomic E-state index is 0.154. The van der Waals surface area contributed by atoms with E-state index in [4.69, 9.17) is 18.6 Å². The highest BCUT2D eigenvalue weighted by molar-refractivity contribution is 6.03. The fourth-order valence-electron chi connectivity index (χ4n) is 3.76. The standard InChI is InChI=1S/C27H27N3O6/c1-17-25(18(2)30(29-17)15-19-8-5-6-11-23(19)27(32)34-4)28-26(31)24-13-12-22(36-24)16-35-21-10-7-9-20(14-21)33-3/h5-14H,15-16H2,1-4H3,(H,28,31). The van der Waals surface area contributed by atoms with Crippen LogP contribution < -0.4 is 14.8 Å². The van der Waals surface area contributed by atoms with Crippen LogP contribution in [0, 0.1) is 13.8 Å². The van der Waals surface area contributed by atoms with Crippen LogP contribution in [0.3, 0.4) is 0 Å². The van der Waals surface area contributed by atoms with E-state index in [0.717, 1.165) is 11.3 Å². The molecule has 9 heteroatoms. The maximum atomic E-state index is 12.9. The minimum Gasteiger partial charge on any atom is -0.497 e. The van der Waals surface area contributed by atoms with Gasteiger partial charge >= 0.3 is 5.97 Å². The van der Waals surface area contributed by atoms with Gasteiger partial charge in [-0.05, 0) is 49.7 Å². The molecule has 186 valence electrons. The molecule has 2 aromatic heterocycles. The third-order valence-electron chi connectivity index (χ3n) is 5.67. The number of rotatable bonds is 9. The lowest BCUT2D eigenvalue weighted by Crippen LogP contribution is -2.13. The number of carbonyl (C=O) groups is 2. The van der Waals surface area contributed by atoms with Gasteiger partial charge in [-0.2, -0.15) is 5.10 Å². The average Bonchev–Trinajstić information content (AvgIpc) is 3.48. The number of methoxy groups -OCH3 is 2. The lowest BCUT2D eigenvalue weighted by molar-refractivity contribution is 0.0599. The van der Waals surface area contributed by atoms with E-state index in [0.29, 0.717) is 40.7 Å². The molecule has 2 aromatic carbocycles. The Kier molecular flexibility index (Phi) is 7.39. The molecule has 36 heavy (non-hydrogen) atoms. The van der Waals surface area contributed by atoms with Crippen molar-refractivity contribution in [3.63, 3.8) is 0 Å². The Bertz CT molecular complexity index is 1390. The summed E-state index contributed by atoms with van der Waals surface area (Å²) in [5.74, 6) is 1.16. The fraction of sp³-hybridized carbons (Fsp3) is 0.222. The molecule has 0 aliphatic heterocycles. The summed E-state index contributed by atoms with van der Waals surface area (Å²) in [5.41, 5.74) is 3.20. The van der Waals surface area contributed by atoms with Crippen LogP contribution in [0.1, 0.15) is 43.6 Å². The first-order chi connectivity index (χ1) is 17.4. The van der Waals surface area contributed by atoms with Crippen molar-refractivity contribution in [3.8, 4) is 11.5 Å². The van der Waals surface area contributed by atoms with E-state index in [1.165, 1.54) is 7.11 Å². The summed E-state index contributed by atoms with van der Waals surface area (Å²) in [6.45, 7) is 4.17. The zero-order valence-electron chi connectivity index (χ0n) is 20.5. The van der Waals surface area contributed by atoms with Gasteiger partial charge in [-0.3, -0.25) is 9.48 Å². The number of hydrogen-bond acceptors (Lipinski definition) is 7. The zero-order chi connectivity index (χ0) is 25.7. The van der Waals surface area contributed by atoms with Crippen molar-refractivity contribution < 1.29 is 28.2 Å². The van der Waals surface area contributed by atoms with Gasteiger partial charge in [0.1, 0.15) is 23.9 Å². The number of nitrogens with one attached hydrogen (secondary N) is 1. The SMILES string of the molecule is COC(=O)c1ccccc1Cn1nc(C)c(NC(=O)c2ccc(COc3cccc(OC)c3)o2)c1C. The quantitative estimate of drug-likeness (QED) is 0.338. The van der Waals surface area contributed by atoms with Crippen LogP contribution in [0.2, 0.25) is 0 Å². The van der Waals surface area contributed by atoms with E-state index >= 15 is 0 Å². The first kappa shape index (κ1) is 24.6. The van der Waals surface area contributed by atoms with E-state index < -0.39 is 11.9 Å². The van der Waals surface area contributed by atoms with Gasteiger partial charge < -0.3 is 23.9 Å². The van der Waals surface area contributed by atoms with Gasteiger partial charge in [0.25, 0.3) is 5.91 Å². The van der Waals surface area contributed by atoms with Gasteiger partial charge in [0.05, 0.1) is 43.4 Å². The molecule has 0 saturated heterocycles. The molecule has 1 N–H and O–H groups in total. The topological polar surface area (TPSA) is 105 Å². The molecule has 4 aromatic rings. The van der Waals surface area contributed by atoms with Crippen LogP contribution in [0.25, 0.3) is 0 Å². The lowest BCUT2D eigenvalue weighted by Gasteiger charge is -2.10. The Morgan fingerprint density at radius 2 is 1.78 bits per heavy atom. The van der Waals surface area contributed by atoms with Crippen LogP contribution in [0.4, 0.5) is 5.69 Å². The largest absolute Gasteiger partial charge is 0.497 e. The molecule has 9 nitrogen and oxygen atoms in total. The summed E-state index contributed by atoms with van der Waals surface area (Å²) < 4.78 is 23.2. The number of esters is 1. The number of nitrogens with zero attached hydrogens (tertiary/aromatic N) is 2. The zero-order valence-corrected chi connectivity index (χ0v) is 20.5. The molecule has 0 bridgehead atoms. The highest BCUT2D eigenvalue weighted by Gasteiger charge is 2.19. The molecule has 0 fully saturated rings. The van der Waals surface area contributed by atoms with Crippen molar-refractivity contribution in [3.05, 3.63) is 94.7 Å². The Labute approximate surface area is 208 Å². The Hall–Kier alpha value is -4.53. The van der Waals surface area contributed by atoms with Crippen molar-refractivity contribution in [1.29, 1.82) is 0 Å². The second kappa shape index (κ2) is 10.8. The number of carbonyl (C=O) groups excluding carboxylic acids is 2. The van der Waals surface area contributed by atoms with Gasteiger partial charge in [0.15, 0.2) is 5.76 Å². The van der Waals surface area contributed by atoms with Gasteiger partial charge in [-0.1, -0.05) is 24.3 Å². The fourth-order valence-corrected chi connectivity index (χ4v) is 3.76. The van der Waals surface area contributed by atoms with Crippen LogP contribution in [-0.4, -0.2) is 35.9 Å². The monoisotopic (exact) mass is 489 g/mol. The summed E-state index contributed by atoms with van der Waals surface area (Å²) in [6.07, 6.45) is 0. The van der Waals surface area contributed by atoms with Crippen molar-refractivity contribution in [1.82, 2.24) is 9.78 Å². The maximum absolute atomic E-state index is 12.9. The molecule has 2 heterocycles. The molecular weight excluding hydrogens is 462 g/mol. The predicted octanol–water partition coefficient (Wildman–Crippen LogP) is 4.77. The summed E-state index contributed by atoms with van der Waals surface area (Å²) in [5, 5.41) is 7.44. The van der Waals surface area contributed by atoms with E-state index in [-0.39, 0.29) is 12.4 Å². The Morgan fingerprint density at radius 1 is 1.00 bits per heavy atom. The first-order valence-corrected chi connectivity index (χ1v) is 11.3. The Balaban J connectivity index is 1.44. The highest BCUT2D eigenvalue weighted by Crippen LogP contribution is 2.24. The number of aryl methyl sites for hydroxylation is 1. The molecule has 0 saturated carbocycles. The van der Waals surface area contributed by atoms with Crippen molar-refractivity contribution >= 4 is 17.6 Å². The van der Waals surface area contributed by atoms with E-state index in [2.05, 4.69) is 10.4 Å². The number of hydrogen-bond donors (Lipinski definition) is 1. The van der Waals surface area contributed by atoms with E-state index in [9.17, 15) is 9.59 Å². The summed E-state index contributed by atoms with van der Waals surface area (Å²) >= 11 is 0. The molecule has 1 amide bonds. The third kappa shape index (κ3) is 5.41. The van der Waals surface area contributed by atoms with Crippen LogP contribution in [-0.2, 0) is 17.9 Å². The first-order valence-electron chi connectivity index (χ1n) is 11.3. The molecule has 0 unspecified atom stereocenters. The normalized spacial score (nSPS) is 10.7. The van der Waals surface area contributed by atoms with Crippen molar-refractivity contribution in [2.24, 2.45) is 0 Å². The number of ether oxygens (including phenoxy) is 3. The molecule has 0 atom stereocenters. The van der Waals surface area contributed by atoms with Crippen LogP contribution in [0.15, 0.2) is 65.1 Å². The van der Waals surface area contributed by atoms with Crippen LogP contribution in [0.5, 0.6) is 11.5 Å². The number of amides is 1. The number of anilines is 1. The molecule has 0 radical (unpaired) electrons. The molecule has 0 aliphatic rings. The summed E-state index contributed by atoms with van der Waals surface area (Å²) in [6, 6.07) is 17.7. The van der Waals surface area contributed by atoms with Gasteiger partial charge in [-0.25, -0.2) is 4.79 Å². The van der Waals surface area contributed by atoms with Gasteiger partial charge in [0.2, 0.25) is 0 Å². The number of furan rings is 1. The Morgan fingerprint density at radius 3 is 2.56 bits per heavy atom. The number of aromatic nitrogens is 2. The molecule has 4 rings (SSSR count). The maximum Gasteiger partial charge on any atom is 0.338 e. The summed E-state index contributed by atoms with van der Waals surface area (Å²) in [4.78, 5) is 25.0. The average molecular weight is 490 g/mol. The second-order valence-electron chi connectivity index (χ2n) is 8.04. The molecule has 0 aliphatic carbocycles. The number of benzene rings is 2. The predicted molar refractivity (Wildman–Crippen MR) is 133 cm³/mol.